The van der Waals surface area contributed by atoms with Gasteiger partial charge in [0.15, 0.2) is 0 Å². The molecule has 0 aromatic heterocycles. The lowest BCUT2D eigenvalue weighted by Crippen LogP contribution is -2.37. The van der Waals surface area contributed by atoms with Crippen LogP contribution in [-0.2, 0) is 18.9 Å². The molecule has 0 aromatic carbocycles. The molecule has 4 rings (SSSR count). The molecule has 4 aliphatic heterocycles. The molecule has 9 heteroatoms. The van der Waals surface area contributed by atoms with E-state index < -0.39 is 0 Å². The van der Waals surface area contributed by atoms with Crippen LogP contribution < -0.4 is 0 Å². The summed E-state index contributed by atoms with van der Waals surface area (Å²) in [5.41, 5.74) is -0.131. The highest BCUT2D eigenvalue weighted by Gasteiger charge is 2.56. The van der Waals surface area contributed by atoms with Gasteiger partial charge >= 0.3 is 0 Å². The molecule has 0 amide bonds. The summed E-state index contributed by atoms with van der Waals surface area (Å²) in [7, 11) is 21.4. The fourth-order valence-corrected chi connectivity index (χ4v) is 4.36. The van der Waals surface area contributed by atoms with Gasteiger partial charge in [-0.15, -0.1) is 0 Å². The maximum atomic E-state index is 5.72. The van der Waals surface area contributed by atoms with E-state index in [4.69, 9.17) is 34.6 Å². The van der Waals surface area contributed by atoms with Crippen LogP contribution in [0.2, 0.25) is 0 Å². The van der Waals surface area contributed by atoms with Crippen LogP contribution in [0.5, 0.6) is 0 Å². The molecule has 0 N–H and O–H groups in total. The SMILES string of the molecule is [B][B][B].[B][C@@H]1O[C@@]2(CC)COC1[C@H]2C.[B][C@@H]1O[C@]2(CC)COC1[C@@H]2C. The molecule has 4 saturated heterocycles. The van der Waals surface area contributed by atoms with Crippen molar-refractivity contribution in [3.05, 3.63) is 0 Å². The standard InChI is InChI=1S/2C8H13BO2.B3/c2*1-3-8-4-10-6(5(8)2)7(9)11-8;1-3-2/h2*5-7H,3-4H2,1-2H3;/t5-,6?,7+,8+;5-,6?,7-,8+;/m01./s1. The van der Waals surface area contributed by atoms with Crippen LogP contribution in [-0.4, -0.2) is 86.9 Å². The lowest BCUT2D eigenvalue weighted by molar-refractivity contribution is -0.115. The monoisotopic (exact) mass is 337 g/mol. The van der Waals surface area contributed by atoms with Crippen molar-refractivity contribution in [2.45, 2.75) is 76.0 Å². The molecule has 4 bridgehead atoms. The minimum atomic E-state index is -0.196. The van der Waals surface area contributed by atoms with Crippen molar-refractivity contribution in [3.63, 3.8) is 0 Å². The summed E-state index contributed by atoms with van der Waals surface area (Å²) in [6, 6.07) is -0.391. The number of hydrogen-bond donors (Lipinski definition) is 0. The minimum absolute atomic E-state index is 0.0654. The fourth-order valence-electron chi connectivity index (χ4n) is 4.36. The number of fused-ring (bicyclic) bond motifs is 4. The normalized spacial score (nSPS) is 49.1. The van der Waals surface area contributed by atoms with Crippen molar-refractivity contribution in [1.29, 1.82) is 0 Å². The predicted molar refractivity (Wildman–Crippen MR) is 102 cm³/mol. The fraction of sp³-hybridized carbons (Fsp3) is 1.00. The maximum absolute atomic E-state index is 5.72. The summed E-state index contributed by atoms with van der Waals surface area (Å²) >= 11 is 0. The summed E-state index contributed by atoms with van der Waals surface area (Å²) in [4.78, 5) is 0. The molecule has 0 aromatic rings. The molecular formula is C16H26B5O4. The molecule has 2 unspecified atom stereocenters. The van der Waals surface area contributed by atoms with E-state index in [1.807, 2.05) is 0 Å². The Hall–Kier alpha value is 0.165. The van der Waals surface area contributed by atoms with Gasteiger partial charge < -0.3 is 18.9 Å². The first-order valence-corrected chi connectivity index (χ1v) is 9.16. The Balaban J connectivity index is 0.000000156. The van der Waals surface area contributed by atoms with Gasteiger partial charge in [-0.3, -0.25) is 0 Å². The van der Waals surface area contributed by atoms with Crippen molar-refractivity contribution in [1.82, 2.24) is 0 Å². The number of rotatable bonds is 2. The molecule has 4 heterocycles. The quantitative estimate of drug-likeness (QED) is 0.678. The molecule has 4 fully saturated rings. The van der Waals surface area contributed by atoms with Crippen LogP contribution in [0.1, 0.15) is 40.5 Å². The molecule has 0 aliphatic carbocycles. The highest BCUT2D eigenvalue weighted by Crippen LogP contribution is 2.46. The van der Waals surface area contributed by atoms with E-state index in [0.717, 1.165) is 33.1 Å². The van der Waals surface area contributed by atoms with Crippen molar-refractivity contribution in [2.75, 3.05) is 13.2 Å². The average molecular weight is 336 g/mol. The summed E-state index contributed by atoms with van der Waals surface area (Å²) < 4.78 is 22.4. The van der Waals surface area contributed by atoms with Gasteiger partial charge in [-0.25, -0.2) is 0 Å². The molecular weight excluding hydrogens is 310 g/mol. The third-order valence-electron chi connectivity index (χ3n) is 6.27. The van der Waals surface area contributed by atoms with E-state index >= 15 is 0 Å². The van der Waals surface area contributed by atoms with Crippen LogP contribution in [0.3, 0.4) is 0 Å². The Labute approximate surface area is 158 Å². The highest BCUT2D eigenvalue weighted by atomic mass is 16.6. The van der Waals surface area contributed by atoms with E-state index in [2.05, 4.69) is 43.2 Å². The third-order valence-corrected chi connectivity index (χ3v) is 6.27. The second-order valence-electron chi connectivity index (χ2n) is 7.32. The van der Waals surface area contributed by atoms with Crippen LogP contribution >= 0.6 is 0 Å². The summed E-state index contributed by atoms with van der Waals surface area (Å²) in [5, 5.41) is 0. The zero-order valence-electron chi connectivity index (χ0n) is 15.8. The van der Waals surface area contributed by atoms with Crippen molar-refractivity contribution < 1.29 is 18.9 Å². The van der Waals surface area contributed by atoms with Gasteiger partial charge in [0.25, 0.3) is 0 Å². The van der Waals surface area contributed by atoms with Gasteiger partial charge in [0.05, 0.1) is 36.6 Å². The largest absolute Gasteiger partial charge is 0.376 e. The third kappa shape index (κ3) is 3.76. The first-order valence-electron chi connectivity index (χ1n) is 9.16. The smallest absolute Gasteiger partial charge is 0.112 e. The topological polar surface area (TPSA) is 36.9 Å². The maximum Gasteiger partial charge on any atom is 0.112 e. The van der Waals surface area contributed by atoms with Crippen LogP contribution in [0.15, 0.2) is 0 Å². The second kappa shape index (κ2) is 8.45. The highest BCUT2D eigenvalue weighted by molar-refractivity contribution is 7.17. The predicted octanol–water partition coefficient (Wildman–Crippen LogP) is 0.247. The van der Waals surface area contributed by atoms with Crippen LogP contribution in [0, 0.1) is 11.8 Å². The van der Waals surface area contributed by atoms with E-state index in [1.54, 1.807) is 0 Å². The van der Waals surface area contributed by atoms with Gasteiger partial charge in [-0.2, -0.15) is 0 Å². The van der Waals surface area contributed by atoms with Gasteiger partial charge in [-0.05, 0) is 12.8 Å². The first-order chi connectivity index (χ1) is 11.8. The Bertz CT molecular complexity index is 407. The van der Waals surface area contributed by atoms with Crippen molar-refractivity contribution in [2.24, 2.45) is 11.8 Å². The van der Waals surface area contributed by atoms with E-state index in [-0.39, 0.29) is 35.4 Å². The minimum Gasteiger partial charge on any atom is -0.376 e. The Morgan fingerprint density at radius 1 is 0.840 bits per heavy atom. The number of ether oxygens (including phenoxy) is 4. The molecule has 0 spiro atoms. The van der Waals surface area contributed by atoms with E-state index in [1.165, 1.54) is 0 Å². The Morgan fingerprint density at radius 2 is 1.16 bits per heavy atom. The van der Waals surface area contributed by atoms with Gasteiger partial charge in [0.2, 0.25) is 0 Å². The molecule has 129 valence electrons. The van der Waals surface area contributed by atoms with Crippen LogP contribution in [0.25, 0.3) is 0 Å². The second-order valence-corrected chi connectivity index (χ2v) is 7.32. The first kappa shape index (κ1) is 21.5. The van der Waals surface area contributed by atoms with E-state index in [0.29, 0.717) is 11.8 Å². The van der Waals surface area contributed by atoms with Gasteiger partial charge in [0.1, 0.15) is 15.7 Å². The van der Waals surface area contributed by atoms with Gasteiger partial charge in [0, 0.05) is 46.4 Å². The molecule has 25 heavy (non-hydrogen) atoms. The Morgan fingerprint density at radius 3 is 1.28 bits per heavy atom. The van der Waals surface area contributed by atoms with Crippen LogP contribution in [0.4, 0.5) is 0 Å². The number of hydrogen-bond acceptors (Lipinski definition) is 4. The summed E-state index contributed by atoms with van der Waals surface area (Å²) in [6.45, 7) is 10.0. The van der Waals surface area contributed by atoms with E-state index in [9.17, 15) is 0 Å². The zero-order valence-corrected chi connectivity index (χ0v) is 15.8. The molecule has 9 radical (unpaired) electrons. The molecule has 4 nitrogen and oxygen atoms in total. The lowest BCUT2D eigenvalue weighted by Gasteiger charge is -2.29. The molecule has 0 saturated carbocycles. The van der Waals surface area contributed by atoms with Gasteiger partial charge in [-0.1, -0.05) is 27.7 Å². The molecule has 4 aliphatic rings. The average Bonchev–Trinajstić information content (AvgIpc) is 3.24. The molecule has 8 atom stereocenters. The van der Waals surface area contributed by atoms with Crippen molar-refractivity contribution in [3.8, 4) is 0 Å². The Kier molecular flexibility index (Phi) is 7.26. The zero-order chi connectivity index (χ0) is 18.8. The lowest BCUT2D eigenvalue weighted by atomic mass is 9.40. The summed E-state index contributed by atoms with van der Waals surface area (Å²) in [5.74, 6) is 0.921. The summed E-state index contributed by atoms with van der Waals surface area (Å²) in [6.07, 6.45) is 2.27. The van der Waals surface area contributed by atoms with Crippen molar-refractivity contribution >= 4 is 38.2 Å².